The van der Waals surface area contributed by atoms with E-state index in [1.54, 1.807) is 6.33 Å². The predicted molar refractivity (Wildman–Crippen MR) is 107 cm³/mol. The smallest absolute Gasteiger partial charge is 0.224 e. The molecule has 1 N–H and O–H groups in total. The van der Waals surface area contributed by atoms with Gasteiger partial charge in [0.25, 0.3) is 0 Å². The molecule has 28 heavy (non-hydrogen) atoms. The SMILES string of the molecule is CN(C)c1ncc(CN2CC[C@@H]3[C@@H](CCC(=O)N3CCc3cnc[nH]3)C2)cn1. The topological polar surface area (TPSA) is 81.3 Å². The van der Waals surface area contributed by atoms with Crippen LogP contribution in [0.15, 0.2) is 24.9 Å². The molecule has 2 aromatic rings. The fraction of sp³-hybridized carbons (Fsp3) is 0.600. The first-order valence-electron chi connectivity index (χ1n) is 10.1. The van der Waals surface area contributed by atoms with Crippen LogP contribution in [0.2, 0.25) is 0 Å². The summed E-state index contributed by atoms with van der Waals surface area (Å²) in [6, 6.07) is 0.368. The van der Waals surface area contributed by atoms with E-state index >= 15 is 0 Å². The van der Waals surface area contributed by atoms with Crippen LogP contribution >= 0.6 is 0 Å². The summed E-state index contributed by atoms with van der Waals surface area (Å²) in [7, 11) is 3.89. The molecule has 150 valence electrons. The number of aromatic amines is 1. The van der Waals surface area contributed by atoms with Crippen LogP contribution in [0.4, 0.5) is 5.95 Å². The van der Waals surface area contributed by atoms with E-state index in [0.717, 1.165) is 62.6 Å². The van der Waals surface area contributed by atoms with E-state index in [1.807, 2.05) is 37.6 Å². The van der Waals surface area contributed by atoms with Crippen molar-refractivity contribution in [3.05, 3.63) is 36.2 Å². The Morgan fingerprint density at radius 2 is 2.04 bits per heavy atom. The van der Waals surface area contributed by atoms with E-state index in [0.29, 0.717) is 24.3 Å². The summed E-state index contributed by atoms with van der Waals surface area (Å²) in [6.45, 7) is 3.69. The van der Waals surface area contributed by atoms with Gasteiger partial charge in [0, 0.05) is 89.0 Å². The molecule has 0 aromatic carbocycles. The van der Waals surface area contributed by atoms with Gasteiger partial charge in [0.05, 0.1) is 6.33 Å². The molecule has 0 aliphatic carbocycles. The average Bonchev–Trinajstić information content (AvgIpc) is 3.21. The molecule has 0 unspecified atom stereocenters. The first-order chi connectivity index (χ1) is 13.6. The summed E-state index contributed by atoms with van der Waals surface area (Å²) < 4.78 is 0. The number of anilines is 1. The molecule has 2 atom stereocenters. The summed E-state index contributed by atoms with van der Waals surface area (Å²) >= 11 is 0. The number of nitrogens with zero attached hydrogens (tertiary/aromatic N) is 6. The molecule has 2 fully saturated rings. The van der Waals surface area contributed by atoms with Crippen molar-refractivity contribution in [1.82, 2.24) is 29.7 Å². The molecule has 2 aromatic heterocycles. The van der Waals surface area contributed by atoms with Gasteiger partial charge in [-0.05, 0) is 18.8 Å². The molecular formula is C20H29N7O. The Kier molecular flexibility index (Phi) is 5.57. The highest BCUT2D eigenvalue weighted by Gasteiger charge is 2.38. The van der Waals surface area contributed by atoms with Crippen LogP contribution in [0.5, 0.6) is 0 Å². The predicted octanol–water partition coefficient (Wildman–Crippen LogP) is 1.32. The van der Waals surface area contributed by atoms with E-state index in [2.05, 4.69) is 29.7 Å². The fourth-order valence-corrected chi connectivity index (χ4v) is 4.44. The fourth-order valence-electron chi connectivity index (χ4n) is 4.44. The molecule has 8 nitrogen and oxygen atoms in total. The number of imidazole rings is 1. The summed E-state index contributed by atoms with van der Waals surface area (Å²) in [5, 5.41) is 0. The highest BCUT2D eigenvalue weighted by Crippen LogP contribution is 2.32. The Labute approximate surface area is 166 Å². The zero-order valence-corrected chi connectivity index (χ0v) is 16.7. The third kappa shape index (κ3) is 4.16. The van der Waals surface area contributed by atoms with Crippen LogP contribution in [0, 0.1) is 5.92 Å². The van der Waals surface area contributed by atoms with Crippen LogP contribution in [0.3, 0.4) is 0 Å². The number of hydrogen-bond donors (Lipinski definition) is 1. The zero-order valence-electron chi connectivity index (χ0n) is 16.7. The quantitative estimate of drug-likeness (QED) is 0.810. The second-order valence-electron chi connectivity index (χ2n) is 8.09. The first kappa shape index (κ1) is 18.9. The molecule has 2 saturated heterocycles. The maximum atomic E-state index is 12.5. The van der Waals surface area contributed by atoms with Gasteiger partial charge in [0.1, 0.15) is 0 Å². The molecule has 4 rings (SSSR count). The second-order valence-corrected chi connectivity index (χ2v) is 8.09. The first-order valence-corrected chi connectivity index (χ1v) is 10.1. The normalized spacial score (nSPS) is 22.9. The lowest BCUT2D eigenvalue weighted by atomic mass is 9.83. The molecule has 4 heterocycles. The molecule has 2 aliphatic heterocycles. The van der Waals surface area contributed by atoms with Gasteiger partial charge in [-0.15, -0.1) is 0 Å². The highest BCUT2D eigenvalue weighted by molar-refractivity contribution is 5.77. The number of fused-ring (bicyclic) bond motifs is 1. The lowest BCUT2D eigenvalue weighted by Crippen LogP contribution is -2.56. The number of carbonyl (C=O) groups excluding carboxylic acids is 1. The van der Waals surface area contributed by atoms with Crippen LogP contribution in [0.25, 0.3) is 0 Å². The zero-order chi connectivity index (χ0) is 19.5. The van der Waals surface area contributed by atoms with Crippen molar-refractivity contribution >= 4 is 11.9 Å². The number of piperidine rings is 2. The lowest BCUT2D eigenvalue weighted by molar-refractivity contribution is -0.141. The summed E-state index contributed by atoms with van der Waals surface area (Å²) in [4.78, 5) is 35.1. The maximum Gasteiger partial charge on any atom is 0.224 e. The highest BCUT2D eigenvalue weighted by atomic mass is 16.2. The monoisotopic (exact) mass is 383 g/mol. The number of hydrogen-bond acceptors (Lipinski definition) is 6. The molecular weight excluding hydrogens is 354 g/mol. The van der Waals surface area contributed by atoms with Crippen molar-refractivity contribution in [1.29, 1.82) is 0 Å². The Balaban J connectivity index is 1.35. The Bertz CT molecular complexity index is 774. The Morgan fingerprint density at radius 3 is 2.75 bits per heavy atom. The maximum absolute atomic E-state index is 12.5. The van der Waals surface area contributed by atoms with Crippen molar-refractivity contribution in [2.24, 2.45) is 5.92 Å². The van der Waals surface area contributed by atoms with E-state index in [4.69, 9.17) is 0 Å². The van der Waals surface area contributed by atoms with E-state index < -0.39 is 0 Å². The molecule has 2 aliphatic rings. The summed E-state index contributed by atoms with van der Waals surface area (Å²) in [6.07, 6.45) is 10.9. The Hall–Kier alpha value is -2.48. The molecule has 0 bridgehead atoms. The van der Waals surface area contributed by atoms with Gasteiger partial charge in [-0.2, -0.15) is 0 Å². The molecule has 0 radical (unpaired) electrons. The minimum atomic E-state index is 0.307. The van der Waals surface area contributed by atoms with Crippen LogP contribution in [-0.2, 0) is 17.8 Å². The van der Waals surface area contributed by atoms with Crippen LogP contribution < -0.4 is 4.90 Å². The third-order valence-electron chi connectivity index (χ3n) is 5.90. The largest absolute Gasteiger partial charge is 0.348 e. The summed E-state index contributed by atoms with van der Waals surface area (Å²) in [5.41, 5.74) is 2.24. The van der Waals surface area contributed by atoms with Crippen molar-refractivity contribution in [2.75, 3.05) is 38.6 Å². The number of carbonyl (C=O) groups is 1. The Morgan fingerprint density at radius 1 is 1.21 bits per heavy atom. The van der Waals surface area contributed by atoms with Gasteiger partial charge < -0.3 is 14.8 Å². The van der Waals surface area contributed by atoms with E-state index in [1.165, 1.54) is 0 Å². The minimum absolute atomic E-state index is 0.307. The average molecular weight is 384 g/mol. The van der Waals surface area contributed by atoms with Crippen LogP contribution in [-0.4, -0.2) is 75.4 Å². The van der Waals surface area contributed by atoms with Gasteiger partial charge in [-0.25, -0.2) is 15.0 Å². The number of H-pyrrole nitrogens is 1. The van der Waals surface area contributed by atoms with Crippen molar-refractivity contribution in [3.63, 3.8) is 0 Å². The van der Waals surface area contributed by atoms with Gasteiger partial charge in [-0.1, -0.05) is 0 Å². The number of rotatable bonds is 6. The van der Waals surface area contributed by atoms with Crippen molar-refractivity contribution < 1.29 is 4.79 Å². The standard InChI is InChI=1S/C20H29N7O/c1-25(2)20-22-9-15(10-23-20)12-26-7-6-18-16(13-26)3-4-19(28)27(18)8-5-17-11-21-14-24-17/h9-11,14,16,18H,3-8,12-13H2,1-2H3,(H,21,24)/t16-,18+/m0/s1. The number of nitrogens with one attached hydrogen (secondary N) is 1. The van der Waals surface area contributed by atoms with E-state index in [-0.39, 0.29) is 0 Å². The summed E-state index contributed by atoms with van der Waals surface area (Å²) in [5.74, 6) is 1.60. The third-order valence-corrected chi connectivity index (χ3v) is 5.90. The number of aromatic nitrogens is 4. The second kappa shape index (κ2) is 8.26. The number of amides is 1. The molecule has 0 spiro atoms. The lowest BCUT2D eigenvalue weighted by Gasteiger charge is -2.47. The molecule has 0 saturated carbocycles. The van der Waals surface area contributed by atoms with Crippen molar-refractivity contribution in [3.8, 4) is 0 Å². The molecule has 1 amide bonds. The molecule has 8 heteroatoms. The minimum Gasteiger partial charge on any atom is -0.348 e. The van der Waals surface area contributed by atoms with E-state index in [9.17, 15) is 4.79 Å². The van der Waals surface area contributed by atoms with Gasteiger partial charge in [-0.3, -0.25) is 9.69 Å². The van der Waals surface area contributed by atoms with Gasteiger partial charge >= 0.3 is 0 Å². The van der Waals surface area contributed by atoms with Crippen molar-refractivity contribution in [2.45, 2.75) is 38.3 Å². The van der Waals surface area contributed by atoms with Gasteiger partial charge in [0.2, 0.25) is 11.9 Å². The van der Waals surface area contributed by atoms with Crippen LogP contribution in [0.1, 0.15) is 30.5 Å². The number of likely N-dealkylation sites (tertiary alicyclic amines) is 2. The van der Waals surface area contributed by atoms with Gasteiger partial charge in [0.15, 0.2) is 0 Å².